The molecule has 0 spiro atoms. The highest BCUT2D eigenvalue weighted by Crippen LogP contribution is 2.46. The maximum atomic E-state index is 13.8. The summed E-state index contributed by atoms with van der Waals surface area (Å²) in [6, 6.07) is 16.5. The lowest BCUT2D eigenvalue weighted by Crippen LogP contribution is -2.50. The van der Waals surface area contributed by atoms with Gasteiger partial charge in [0.2, 0.25) is 0 Å². The van der Waals surface area contributed by atoms with Gasteiger partial charge >= 0.3 is 6.09 Å². The molecule has 1 aliphatic rings. The number of aliphatic hydroxyl groups is 1. The molecule has 4 rings (SSSR count). The third-order valence-electron chi connectivity index (χ3n) is 6.68. The van der Waals surface area contributed by atoms with E-state index < -0.39 is 23.3 Å². The molecule has 14 heteroatoms. The topological polar surface area (TPSA) is 141 Å². The van der Waals surface area contributed by atoms with E-state index in [9.17, 15) is 23.5 Å². The van der Waals surface area contributed by atoms with Crippen LogP contribution in [0.2, 0.25) is 0 Å². The lowest BCUT2D eigenvalue weighted by atomic mass is 10.1. The van der Waals surface area contributed by atoms with Crippen molar-refractivity contribution < 1.29 is 42.4 Å². The van der Waals surface area contributed by atoms with E-state index in [0.29, 0.717) is 11.4 Å². The Labute approximate surface area is 262 Å². The van der Waals surface area contributed by atoms with Crippen LogP contribution in [0.1, 0.15) is 17.3 Å². The first-order chi connectivity index (χ1) is 21.3. The minimum Gasteiger partial charge on any atom is -0.755 e. The standard InChI is InChI=1S/C30H35N3O9S2/c1-4-40-30(36)32-15-13-31(14-16-32)29(35)21-19-24(33(44(37)38)22-9-11-23(43-3)12-10-22)28(27(20-21)41-18-17-34)42-26-8-6-5-7-25(26)39-2/h5-12,19-20,34H,4,13-18H2,1-3H3,(H,37,38)/p-1. The van der Waals surface area contributed by atoms with Gasteiger partial charge in [-0.2, -0.15) is 0 Å². The number of thioether (sulfide) groups is 1. The SMILES string of the molecule is CCOC(=O)N1CCN(C(=O)c2cc(OCCO)c(Oc3ccccc3OC)c(N(c3ccc(SC)cc3)S(=O)[O-])c2)CC1. The van der Waals surface area contributed by atoms with Crippen molar-refractivity contribution in [3.05, 3.63) is 66.2 Å². The second-order valence-electron chi connectivity index (χ2n) is 9.34. The third kappa shape index (κ3) is 7.75. The van der Waals surface area contributed by atoms with Crippen molar-refractivity contribution in [2.75, 3.05) is 63.7 Å². The Morgan fingerprint density at radius 3 is 2.25 bits per heavy atom. The Hall–Kier alpha value is -3.98. The highest BCUT2D eigenvalue weighted by atomic mass is 32.2. The highest BCUT2D eigenvalue weighted by Gasteiger charge is 2.29. The molecule has 12 nitrogen and oxygen atoms in total. The predicted molar refractivity (Wildman–Crippen MR) is 166 cm³/mol. The molecule has 1 saturated heterocycles. The first-order valence-corrected chi connectivity index (χ1v) is 16.0. The Kier molecular flexibility index (Phi) is 11.7. The van der Waals surface area contributed by atoms with Gasteiger partial charge in [-0.05, 0) is 61.7 Å². The summed E-state index contributed by atoms with van der Waals surface area (Å²) in [5, 5.41) is 9.56. The minimum absolute atomic E-state index is 0.00471. The van der Waals surface area contributed by atoms with Crippen LogP contribution in [0.4, 0.5) is 16.2 Å². The van der Waals surface area contributed by atoms with Gasteiger partial charge in [-0.25, -0.2) is 4.79 Å². The molecule has 1 aliphatic heterocycles. The summed E-state index contributed by atoms with van der Waals surface area (Å²) in [5.74, 6) is 0.276. The summed E-state index contributed by atoms with van der Waals surface area (Å²) in [4.78, 5) is 30.0. The number of rotatable bonds is 12. The molecular formula is C30H34N3O9S2-. The molecule has 0 bridgehead atoms. The molecule has 236 valence electrons. The number of benzene rings is 3. The van der Waals surface area contributed by atoms with E-state index in [1.807, 2.05) is 6.26 Å². The second kappa shape index (κ2) is 15.7. The lowest BCUT2D eigenvalue weighted by molar-refractivity contribution is 0.0570. The van der Waals surface area contributed by atoms with Crippen molar-refractivity contribution in [1.29, 1.82) is 0 Å². The first-order valence-electron chi connectivity index (χ1n) is 13.8. The average molecular weight is 645 g/mol. The number of amides is 2. The summed E-state index contributed by atoms with van der Waals surface area (Å²) < 4.78 is 49.3. The number of hydrogen-bond acceptors (Lipinski definition) is 10. The van der Waals surface area contributed by atoms with Crippen LogP contribution < -0.4 is 18.5 Å². The Morgan fingerprint density at radius 1 is 1.00 bits per heavy atom. The van der Waals surface area contributed by atoms with Crippen LogP contribution in [-0.4, -0.2) is 95.0 Å². The number of hydrogen-bond donors (Lipinski definition) is 1. The number of anilines is 2. The summed E-state index contributed by atoms with van der Waals surface area (Å²) in [6.45, 7) is 2.52. The van der Waals surface area contributed by atoms with E-state index in [1.165, 1.54) is 35.9 Å². The molecule has 2 amide bonds. The van der Waals surface area contributed by atoms with Crippen LogP contribution >= 0.6 is 11.8 Å². The van der Waals surface area contributed by atoms with Gasteiger partial charge in [0, 0.05) is 36.6 Å². The van der Waals surface area contributed by atoms with Gasteiger partial charge in [0.15, 0.2) is 23.0 Å². The van der Waals surface area contributed by atoms with E-state index in [0.717, 1.165) is 9.20 Å². The van der Waals surface area contributed by atoms with E-state index in [1.54, 1.807) is 60.4 Å². The number of nitrogens with zero attached hydrogens (tertiary/aromatic N) is 3. The van der Waals surface area contributed by atoms with Crippen molar-refractivity contribution in [2.45, 2.75) is 11.8 Å². The summed E-state index contributed by atoms with van der Waals surface area (Å²) in [6.07, 6.45) is 1.46. The summed E-state index contributed by atoms with van der Waals surface area (Å²) in [5.41, 5.74) is 0.424. The van der Waals surface area contributed by atoms with E-state index >= 15 is 0 Å². The number of piperazine rings is 1. The maximum Gasteiger partial charge on any atom is 0.409 e. The zero-order chi connectivity index (χ0) is 31.6. The van der Waals surface area contributed by atoms with Crippen molar-refractivity contribution in [2.24, 2.45) is 0 Å². The van der Waals surface area contributed by atoms with Crippen LogP contribution in [0.3, 0.4) is 0 Å². The molecule has 3 aromatic rings. The van der Waals surface area contributed by atoms with Crippen molar-refractivity contribution in [1.82, 2.24) is 9.80 Å². The number of ether oxygens (including phenoxy) is 4. The average Bonchev–Trinajstić information content (AvgIpc) is 3.05. The number of aliphatic hydroxyl groups excluding tert-OH is 1. The van der Waals surface area contributed by atoms with Crippen LogP contribution in [0.15, 0.2) is 65.6 Å². The molecule has 3 aromatic carbocycles. The fraction of sp³-hybridized carbons (Fsp3) is 0.333. The minimum atomic E-state index is -2.86. The molecular weight excluding hydrogens is 610 g/mol. The quantitative estimate of drug-likeness (QED) is 0.222. The second-order valence-corrected chi connectivity index (χ2v) is 11.0. The van der Waals surface area contributed by atoms with E-state index in [2.05, 4.69) is 0 Å². The van der Waals surface area contributed by atoms with Gasteiger partial charge in [-0.3, -0.25) is 13.3 Å². The molecule has 0 radical (unpaired) electrons. The molecule has 1 N–H and O–H groups in total. The fourth-order valence-electron chi connectivity index (χ4n) is 4.55. The molecule has 0 saturated carbocycles. The van der Waals surface area contributed by atoms with E-state index in [-0.39, 0.29) is 74.5 Å². The number of carbonyl (C=O) groups excluding carboxylic acids is 2. The van der Waals surface area contributed by atoms with Crippen molar-refractivity contribution >= 4 is 46.4 Å². The molecule has 0 aliphatic carbocycles. The molecule has 1 unspecified atom stereocenters. The third-order valence-corrected chi connectivity index (χ3v) is 8.13. The maximum absolute atomic E-state index is 13.8. The number of carbonyl (C=O) groups is 2. The lowest BCUT2D eigenvalue weighted by Gasteiger charge is -2.34. The Bertz CT molecular complexity index is 1460. The van der Waals surface area contributed by atoms with Gasteiger partial charge in [-0.15, -0.1) is 11.8 Å². The number of para-hydroxylation sites is 2. The van der Waals surface area contributed by atoms with E-state index in [4.69, 9.17) is 18.9 Å². The number of methoxy groups -OCH3 is 1. The van der Waals surface area contributed by atoms with Crippen LogP contribution in [0, 0.1) is 0 Å². The van der Waals surface area contributed by atoms with Gasteiger partial charge in [0.05, 0.1) is 37.3 Å². The molecule has 1 fully saturated rings. The van der Waals surface area contributed by atoms with Gasteiger partial charge in [0.1, 0.15) is 12.3 Å². The van der Waals surface area contributed by atoms with Crippen LogP contribution in [0.25, 0.3) is 0 Å². The fourth-order valence-corrected chi connectivity index (χ4v) is 5.55. The molecule has 44 heavy (non-hydrogen) atoms. The summed E-state index contributed by atoms with van der Waals surface area (Å²) >= 11 is -1.36. The van der Waals surface area contributed by atoms with Crippen LogP contribution in [-0.2, 0) is 16.0 Å². The monoisotopic (exact) mass is 644 g/mol. The van der Waals surface area contributed by atoms with Crippen LogP contribution in [0.5, 0.6) is 23.0 Å². The van der Waals surface area contributed by atoms with Crippen molar-refractivity contribution in [3.63, 3.8) is 0 Å². The van der Waals surface area contributed by atoms with Gasteiger partial charge < -0.3 is 38.4 Å². The Balaban J connectivity index is 1.83. The van der Waals surface area contributed by atoms with Gasteiger partial charge in [-0.1, -0.05) is 12.1 Å². The molecule has 0 aromatic heterocycles. The highest BCUT2D eigenvalue weighted by molar-refractivity contribution is 7.98. The zero-order valence-electron chi connectivity index (χ0n) is 24.6. The zero-order valence-corrected chi connectivity index (χ0v) is 26.2. The predicted octanol–water partition coefficient (Wildman–Crippen LogP) is 4.43. The first kappa shape index (κ1) is 32.9. The van der Waals surface area contributed by atoms with Gasteiger partial charge in [0.25, 0.3) is 5.91 Å². The molecule has 1 heterocycles. The van der Waals surface area contributed by atoms with Crippen molar-refractivity contribution in [3.8, 4) is 23.0 Å². The molecule has 1 atom stereocenters. The normalized spacial score (nSPS) is 13.7. The smallest absolute Gasteiger partial charge is 0.409 e. The Morgan fingerprint density at radius 2 is 1.66 bits per heavy atom. The largest absolute Gasteiger partial charge is 0.755 e. The summed E-state index contributed by atoms with van der Waals surface area (Å²) in [7, 11) is 1.47.